The van der Waals surface area contributed by atoms with Crippen molar-refractivity contribution in [2.24, 2.45) is 5.92 Å². The fourth-order valence-corrected chi connectivity index (χ4v) is 4.05. The molecule has 1 N–H and O–H groups in total. The first-order chi connectivity index (χ1) is 15.0. The normalized spacial score (nSPS) is 15.1. The summed E-state index contributed by atoms with van der Waals surface area (Å²) in [6.45, 7) is 2.26. The third-order valence-corrected chi connectivity index (χ3v) is 5.87. The van der Waals surface area contributed by atoms with E-state index in [0.717, 1.165) is 5.56 Å². The van der Waals surface area contributed by atoms with E-state index in [2.05, 4.69) is 9.88 Å². The van der Waals surface area contributed by atoms with Gasteiger partial charge in [-0.1, -0.05) is 30.3 Å². The second-order valence-electron chi connectivity index (χ2n) is 7.82. The Hall–Kier alpha value is -3.32. The van der Waals surface area contributed by atoms with Gasteiger partial charge in [0.25, 0.3) is 5.56 Å². The number of carbonyl (C=O) groups excluding carboxylic acids is 1. The van der Waals surface area contributed by atoms with Crippen LogP contribution in [0.1, 0.15) is 23.2 Å². The molecule has 7 heteroatoms. The van der Waals surface area contributed by atoms with Gasteiger partial charge in [0.15, 0.2) is 5.78 Å². The molecule has 160 valence electrons. The average Bonchev–Trinajstić information content (AvgIpc) is 2.80. The Morgan fingerprint density at radius 2 is 1.65 bits per heavy atom. The molecule has 0 saturated carbocycles. The molecule has 0 atom stereocenters. The highest BCUT2D eigenvalue weighted by Crippen LogP contribution is 2.22. The molecule has 0 radical (unpaired) electrons. The van der Waals surface area contributed by atoms with Crippen molar-refractivity contribution in [3.05, 3.63) is 93.0 Å². The first kappa shape index (κ1) is 20.9. The molecule has 1 aliphatic heterocycles. The largest absolute Gasteiger partial charge is 0.328 e. The van der Waals surface area contributed by atoms with Gasteiger partial charge >= 0.3 is 5.69 Å². The number of hydrogen-bond acceptors (Lipinski definition) is 4. The summed E-state index contributed by atoms with van der Waals surface area (Å²) in [7, 11) is 0. The molecule has 2 heterocycles. The van der Waals surface area contributed by atoms with Crippen molar-refractivity contribution in [2.75, 3.05) is 19.6 Å². The zero-order valence-corrected chi connectivity index (χ0v) is 17.1. The van der Waals surface area contributed by atoms with Gasteiger partial charge in [-0.2, -0.15) is 0 Å². The van der Waals surface area contributed by atoms with E-state index in [1.165, 1.54) is 35.0 Å². The summed E-state index contributed by atoms with van der Waals surface area (Å²) in [4.78, 5) is 42.5. The monoisotopic (exact) mass is 421 g/mol. The number of aromatic amines is 1. The fourth-order valence-electron chi connectivity index (χ4n) is 4.05. The summed E-state index contributed by atoms with van der Waals surface area (Å²) >= 11 is 0. The molecule has 0 aliphatic carbocycles. The minimum absolute atomic E-state index is 0.0443. The number of hydrogen-bond donors (Lipinski definition) is 1. The first-order valence-electron chi connectivity index (χ1n) is 10.4. The van der Waals surface area contributed by atoms with E-state index >= 15 is 0 Å². The molecule has 0 amide bonds. The molecular formula is C24H24FN3O3. The van der Waals surface area contributed by atoms with Crippen LogP contribution in [0.4, 0.5) is 4.39 Å². The van der Waals surface area contributed by atoms with Crippen molar-refractivity contribution in [1.82, 2.24) is 14.5 Å². The number of rotatable bonds is 6. The number of Topliss-reactive ketones (excluding diaryl/α,β-unsaturated/α-hetero) is 1. The molecule has 0 unspecified atom stereocenters. The van der Waals surface area contributed by atoms with Crippen LogP contribution in [0.5, 0.6) is 0 Å². The Kier molecular flexibility index (Phi) is 6.23. The summed E-state index contributed by atoms with van der Waals surface area (Å²) in [6.07, 6.45) is 2.86. The number of aromatic nitrogens is 2. The van der Waals surface area contributed by atoms with Gasteiger partial charge in [-0.3, -0.25) is 14.2 Å². The second-order valence-corrected chi connectivity index (χ2v) is 7.82. The number of ketones is 1. The van der Waals surface area contributed by atoms with Gasteiger partial charge in [-0.25, -0.2) is 9.18 Å². The van der Waals surface area contributed by atoms with Gasteiger partial charge in [-0.05, 0) is 55.8 Å². The Morgan fingerprint density at radius 1 is 0.968 bits per heavy atom. The van der Waals surface area contributed by atoms with Crippen LogP contribution in [-0.2, 0) is 6.54 Å². The Balaban J connectivity index is 1.38. The first-order valence-corrected chi connectivity index (χ1v) is 10.4. The number of likely N-dealkylation sites (tertiary alicyclic amines) is 1. The van der Waals surface area contributed by atoms with Gasteiger partial charge in [0.1, 0.15) is 5.82 Å². The average molecular weight is 421 g/mol. The summed E-state index contributed by atoms with van der Waals surface area (Å²) in [5.74, 6) is -0.398. The predicted molar refractivity (Wildman–Crippen MR) is 117 cm³/mol. The Morgan fingerprint density at radius 3 is 2.32 bits per heavy atom. The van der Waals surface area contributed by atoms with Crippen LogP contribution < -0.4 is 11.2 Å². The third kappa shape index (κ3) is 4.72. The number of halogens is 1. The maximum absolute atomic E-state index is 13.1. The second kappa shape index (κ2) is 9.22. The highest BCUT2D eigenvalue weighted by atomic mass is 19.1. The molecular weight excluding hydrogens is 397 g/mol. The van der Waals surface area contributed by atoms with E-state index in [-0.39, 0.29) is 29.6 Å². The van der Waals surface area contributed by atoms with Gasteiger partial charge in [0.05, 0.1) is 5.56 Å². The summed E-state index contributed by atoms with van der Waals surface area (Å²) in [5.41, 5.74) is 1.03. The van der Waals surface area contributed by atoms with Gasteiger partial charge in [0, 0.05) is 30.8 Å². The Bertz CT molecular complexity index is 1160. The summed E-state index contributed by atoms with van der Waals surface area (Å²) in [5, 5.41) is 0. The number of H-pyrrole nitrogens is 1. The van der Waals surface area contributed by atoms with Crippen molar-refractivity contribution in [3.8, 4) is 11.1 Å². The lowest BCUT2D eigenvalue weighted by molar-refractivity contribution is 0.0837. The van der Waals surface area contributed by atoms with Crippen LogP contribution in [0.2, 0.25) is 0 Å². The van der Waals surface area contributed by atoms with Crippen molar-refractivity contribution < 1.29 is 9.18 Å². The standard InChI is InChI=1S/C24H24FN3O3/c25-20-8-6-18(7-9-20)22(29)19-10-12-27(13-11-19)14-15-28-23(30)21(16-26-24(28)31)17-4-2-1-3-5-17/h1-9,16,19H,10-15H2,(H,26,31). The molecule has 0 bridgehead atoms. The topological polar surface area (TPSA) is 75.2 Å². The molecule has 1 aromatic heterocycles. The van der Waals surface area contributed by atoms with Crippen LogP contribution in [0.25, 0.3) is 11.1 Å². The molecule has 1 saturated heterocycles. The van der Waals surface area contributed by atoms with E-state index < -0.39 is 5.69 Å². The van der Waals surface area contributed by atoms with Crippen LogP contribution in [0.15, 0.2) is 70.4 Å². The smallest absolute Gasteiger partial charge is 0.313 e. The minimum Gasteiger partial charge on any atom is -0.313 e. The third-order valence-electron chi connectivity index (χ3n) is 5.87. The minimum atomic E-state index is -0.425. The molecule has 3 aromatic rings. The molecule has 1 fully saturated rings. The maximum atomic E-state index is 13.1. The van der Waals surface area contributed by atoms with Crippen LogP contribution in [0.3, 0.4) is 0 Å². The van der Waals surface area contributed by atoms with Gasteiger partial charge in [0.2, 0.25) is 0 Å². The zero-order chi connectivity index (χ0) is 21.8. The molecule has 0 spiro atoms. The van der Waals surface area contributed by atoms with Gasteiger partial charge < -0.3 is 9.88 Å². The number of nitrogens with zero attached hydrogens (tertiary/aromatic N) is 2. The molecule has 31 heavy (non-hydrogen) atoms. The Labute approximate surface area is 179 Å². The van der Waals surface area contributed by atoms with Crippen LogP contribution >= 0.6 is 0 Å². The molecule has 4 rings (SSSR count). The van der Waals surface area contributed by atoms with Crippen molar-refractivity contribution >= 4 is 5.78 Å². The lowest BCUT2D eigenvalue weighted by atomic mass is 9.89. The molecule has 6 nitrogen and oxygen atoms in total. The zero-order valence-electron chi connectivity index (χ0n) is 17.1. The SMILES string of the molecule is O=C(c1ccc(F)cc1)C1CCN(CCn2c(=O)[nH]cc(-c3ccccc3)c2=O)CC1. The number of nitrogens with one attached hydrogen (secondary N) is 1. The number of benzene rings is 2. The lowest BCUT2D eigenvalue weighted by Gasteiger charge is -2.31. The van der Waals surface area contributed by atoms with Gasteiger partial charge in [-0.15, -0.1) is 0 Å². The maximum Gasteiger partial charge on any atom is 0.328 e. The van der Waals surface area contributed by atoms with Crippen molar-refractivity contribution in [3.63, 3.8) is 0 Å². The predicted octanol–water partition coefficient (Wildman–Crippen LogP) is 2.94. The van der Waals surface area contributed by atoms with E-state index in [1.807, 2.05) is 30.3 Å². The van der Waals surface area contributed by atoms with E-state index in [4.69, 9.17) is 0 Å². The number of carbonyl (C=O) groups is 1. The molecule has 2 aromatic carbocycles. The quantitative estimate of drug-likeness (QED) is 0.621. The van der Waals surface area contributed by atoms with E-state index in [1.54, 1.807) is 0 Å². The highest BCUT2D eigenvalue weighted by Gasteiger charge is 2.26. The van der Waals surface area contributed by atoms with E-state index in [9.17, 15) is 18.8 Å². The van der Waals surface area contributed by atoms with Crippen molar-refractivity contribution in [2.45, 2.75) is 19.4 Å². The summed E-state index contributed by atoms with van der Waals surface area (Å²) in [6, 6.07) is 14.9. The highest BCUT2D eigenvalue weighted by molar-refractivity contribution is 5.97. The molecule has 1 aliphatic rings. The van der Waals surface area contributed by atoms with Crippen LogP contribution in [-0.4, -0.2) is 39.9 Å². The number of piperidine rings is 1. The lowest BCUT2D eigenvalue weighted by Crippen LogP contribution is -2.42. The van der Waals surface area contributed by atoms with Crippen LogP contribution in [0, 0.1) is 11.7 Å². The van der Waals surface area contributed by atoms with E-state index in [0.29, 0.717) is 43.6 Å². The summed E-state index contributed by atoms with van der Waals surface area (Å²) < 4.78 is 14.3. The van der Waals surface area contributed by atoms with Crippen molar-refractivity contribution in [1.29, 1.82) is 0 Å². The fraction of sp³-hybridized carbons (Fsp3) is 0.292.